The quantitative estimate of drug-likeness (QED) is 0.781. The third kappa shape index (κ3) is 3.10. The van der Waals surface area contributed by atoms with Crippen LogP contribution in [-0.2, 0) is 0 Å². The van der Waals surface area contributed by atoms with E-state index in [2.05, 4.69) is 11.9 Å². The Bertz CT molecular complexity index is 830. The summed E-state index contributed by atoms with van der Waals surface area (Å²) in [7, 11) is 2.15. The van der Waals surface area contributed by atoms with Crippen LogP contribution in [0.15, 0.2) is 52.9 Å². The molecule has 0 radical (unpaired) electrons. The predicted octanol–water partition coefficient (Wildman–Crippen LogP) is 4.28. The van der Waals surface area contributed by atoms with Crippen LogP contribution in [0.3, 0.4) is 0 Å². The number of hydrogen-bond donors (Lipinski definition) is 1. The highest BCUT2D eigenvalue weighted by atomic mass is 16.5. The molecule has 124 valence electrons. The maximum atomic E-state index is 9.40. The average Bonchev–Trinajstić information content (AvgIpc) is 3.01. The number of ether oxygens (including phenoxy) is 1. The zero-order valence-electron chi connectivity index (χ0n) is 13.7. The number of likely N-dealkylation sites (tertiary alicyclic amines) is 1. The zero-order chi connectivity index (χ0) is 16.5. The minimum atomic E-state index is 0.253. The van der Waals surface area contributed by atoms with Gasteiger partial charge in [0.05, 0.1) is 0 Å². The van der Waals surface area contributed by atoms with Gasteiger partial charge in [0, 0.05) is 24.0 Å². The van der Waals surface area contributed by atoms with Crippen LogP contribution in [0.2, 0.25) is 0 Å². The first-order chi connectivity index (χ1) is 11.7. The first-order valence-corrected chi connectivity index (χ1v) is 8.35. The molecule has 0 amide bonds. The van der Waals surface area contributed by atoms with Crippen molar-refractivity contribution in [3.05, 3.63) is 48.5 Å². The van der Waals surface area contributed by atoms with Crippen LogP contribution in [0, 0.1) is 0 Å². The lowest BCUT2D eigenvalue weighted by molar-refractivity contribution is 0.114. The van der Waals surface area contributed by atoms with E-state index in [1.807, 2.05) is 36.4 Å². The number of rotatable bonds is 3. The maximum Gasteiger partial charge on any atom is 0.135 e. The molecule has 2 aromatic carbocycles. The Morgan fingerprint density at radius 3 is 2.54 bits per heavy atom. The SMILES string of the molecule is CN1CCC(Oc2ccc3oc(-c4ccc(O)cc4)cc3c2)CC1. The fraction of sp³-hybridized carbons (Fsp3) is 0.300. The summed E-state index contributed by atoms with van der Waals surface area (Å²) in [5.74, 6) is 1.94. The van der Waals surface area contributed by atoms with Crippen LogP contribution in [-0.4, -0.2) is 36.2 Å². The van der Waals surface area contributed by atoms with Crippen molar-refractivity contribution in [1.29, 1.82) is 0 Å². The Labute approximate surface area is 141 Å². The van der Waals surface area contributed by atoms with Crippen molar-refractivity contribution >= 4 is 11.0 Å². The van der Waals surface area contributed by atoms with Crippen molar-refractivity contribution in [2.45, 2.75) is 18.9 Å². The Hall–Kier alpha value is -2.46. The number of aromatic hydroxyl groups is 1. The third-order valence-electron chi connectivity index (χ3n) is 4.61. The van der Waals surface area contributed by atoms with Gasteiger partial charge in [0.25, 0.3) is 0 Å². The first kappa shape index (κ1) is 15.1. The number of hydrogen-bond acceptors (Lipinski definition) is 4. The fourth-order valence-corrected chi connectivity index (χ4v) is 3.16. The van der Waals surface area contributed by atoms with Crippen molar-refractivity contribution in [3.63, 3.8) is 0 Å². The topological polar surface area (TPSA) is 45.8 Å². The minimum Gasteiger partial charge on any atom is -0.508 e. The van der Waals surface area contributed by atoms with Crippen LogP contribution in [0.1, 0.15) is 12.8 Å². The highest BCUT2D eigenvalue weighted by Crippen LogP contribution is 2.31. The van der Waals surface area contributed by atoms with Crippen molar-refractivity contribution in [1.82, 2.24) is 4.90 Å². The van der Waals surface area contributed by atoms with Gasteiger partial charge in [-0.05, 0) is 68.4 Å². The van der Waals surface area contributed by atoms with Crippen LogP contribution < -0.4 is 4.74 Å². The molecule has 2 heterocycles. The summed E-state index contributed by atoms with van der Waals surface area (Å²) in [4.78, 5) is 2.34. The Kier molecular flexibility index (Phi) is 3.90. The molecule has 4 rings (SSSR count). The molecule has 0 atom stereocenters. The van der Waals surface area contributed by atoms with Crippen LogP contribution in [0.4, 0.5) is 0 Å². The second kappa shape index (κ2) is 6.21. The van der Waals surface area contributed by atoms with Crippen LogP contribution in [0.5, 0.6) is 11.5 Å². The number of phenolic OH excluding ortho intramolecular Hbond substituents is 1. The monoisotopic (exact) mass is 323 g/mol. The molecule has 0 unspecified atom stereocenters. The van der Waals surface area contributed by atoms with Gasteiger partial charge in [-0.1, -0.05) is 0 Å². The predicted molar refractivity (Wildman–Crippen MR) is 94.5 cm³/mol. The fourth-order valence-electron chi connectivity index (χ4n) is 3.16. The molecule has 0 bridgehead atoms. The molecule has 3 aromatic rings. The molecular formula is C20H21NO3. The number of fused-ring (bicyclic) bond motifs is 1. The molecule has 0 spiro atoms. The van der Waals surface area contributed by atoms with Gasteiger partial charge in [0.1, 0.15) is 28.9 Å². The number of piperidine rings is 1. The van der Waals surface area contributed by atoms with Gasteiger partial charge in [-0.15, -0.1) is 0 Å². The number of nitrogens with zero attached hydrogens (tertiary/aromatic N) is 1. The highest BCUT2D eigenvalue weighted by molar-refractivity contribution is 5.84. The van der Waals surface area contributed by atoms with Crippen LogP contribution in [0.25, 0.3) is 22.3 Å². The van der Waals surface area contributed by atoms with E-state index in [-0.39, 0.29) is 5.75 Å². The summed E-state index contributed by atoms with van der Waals surface area (Å²) >= 11 is 0. The lowest BCUT2D eigenvalue weighted by atomic mass is 10.1. The summed E-state index contributed by atoms with van der Waals surface area (Å²) in [5.41, 5.74) is 1.79. The van der Waals surface area contributed by atoms with E-state index in [1.165, 1.54) is 0 Å². The molecule has 1 aliphatic rings. The van der Waals surface area contributed by atoms with Gasteiger partial charge < -0.3 is 19.2 Å². The second-order valence-electron chi connectivity index (χ2n) is 6.48. The molecule has 1 aromatic heterocycles. The maximum absolute atomic E-state index is 9.40. The lowest BCUT2D eigenvalue weighted by Gasteiger charge is -2.29. The highest BCUT2D eigenvalue weighted by Gasteiger charge is 2.18. The summed E-state index contributed by atoms with van der Waals surface area (Å²) < 4.78 is 12.1. The van der Waals surface area contributed by atoms with Crippen LogP contribution >= 0.6 is 0 Å². The number of benzene rings is 2. The zero-order valence-corrected chi connectivity index (χ0v) is 13.7. The molecule has 1 fully saturated rings. The van der Waals surface area contributed by atoms with Crippen molar-refractivity contribution in [2.75, 3.05) is 20.1 Å². The summed E-state index contributed by atoms with van der Waals surface area (Å²) in [6, 6.07) is 15.0. The van der Waals surface area contributed by atoms with Gasteiger partial charge in [-0.2, -0.15) is 0 Å². The van der Waals surface area contributed by atoms with E-state index < -0.39 is 0 Å². The van der Waals surface area contributed by atoms with E-state index in [0.717, 1.165) is 54.0 Å². The standard InChI is InChI=1S/C20H21NO3/c1-21-10-8-17(9-11-21)23-18-6-7-19-15(12-18)13-20(24-19)14-2-4-16(22)5-3-14/h2-7,12-13,17,22H,8-11H2,1H3. The first-order valence-electron chi connectivity index (χ1n) is 8.35. The largest absolute Gasteiger partial charge is 0.508 e. The van der Waals surface area contributed by atoms with Gasteiger partial charge in [0.2, 0.25) is 0 Å². The van der Waals surface area contributed by atoms with Gasteiger partial charge in [-0.3, -0.25) is 0 Å². The molecule has 1 aliphatic heterocycles. The van der Waals surface area contributed by atoms with E-state index >= 15 is 0 Å². The molecule has 24 heavy (non-hydrogen) atoms. The Morgan fingerprint density at radius 2 is 1.79 bits per heavy atom. The summed E-state index contributed by atoms with van der Waals surface area (Å²) in [6.07, 6.45) is 2.43. The molecule has 0 saturated carbocycles. The van der Waals surface area contributed by atoms with E-state index in [0.29, 0.717) is 6.10 Å². The van der Waals surface area contributed by atoms with Crippen molar-refractivity contribution < 1.29 is 14.3 Å². The van der Waals surface area contributed by atoms with Gasteiger partial charge in [0.15, 0.2) is 0 Å². The molecule has 4 nitrogen and oxygen atoms in total. The van der Waals surface area contributed by atoms with Gasteiger partial charge in [-0.25, -0.2) is 0 Å². The molecular weight excluding hydrogens is 302 g/mol. The summed E-state index contributed by atoms with van der Waals surface area (Å²) in [5, 5.41) is 10.4. The van der Waals surface area contributed by atoms with E-state index in [4.69, 9.17) is 9.15 Å². The van der Waals surface area contributed by atoms with Crippen molar-refractivity contribution in [3.8, 4) is 22.8 Å². The van der Waals surface area contributed by atoms with Gasteiger partial charge >= 0.3 is 0 Å². The minimum absolute atomic E-state index is 0.253. The van der Waals surface area contributed by atoms with E-state index in [9.17, 15) is 5.11 Å². The Balaban J connectivity index is 1.56. The normalized spacial score (nSPS) is 16.5. The van der Waals surface area contributed by atoms with Crippen molar-refractivity contribution in [2.24, 2.45) is 0 Å². The molecule has 0 aliphatic carbocycles. The number of furan rings is 1. The second-order valence-corrected chi connectivity index (χ2v) is 6.48. The van der Waals surface area contributed by atoms with E-state index in [1.54, 1.807) is 12.1 Å². The third-order valence-corrected chi connectivity index (χ3v) is 4.61. The summed E-state index contributed by atoms with van der Waals surface area (Å²) in [6.45, 7) is 2.17. The smallest absolute Gasteiger partial charge is 0.135 e. The molecule has 1 N–H and O–H groups in total. The molecule has 1 saturated heterocycles. The lowest BCUT2D eigenvalue weighted by Crippen LogP contribution is -2.35. The Morgan fingerprint density at radius 1 is 1.04 bits per heavy atom. The molecule has 4 heteroatoms. The number of phenols is 1. The average molecular weight is 323 g/mol.